The zero-order chi connectivity index (χ0) is 13.4. The second-order valence-corrected chi connectivity index (χ2v) is 7.14. The maximum atomic E-state index is 11.6. The van der Waals surface area contributed by atoms with Gasteiger partial charge in [0.1, 0.15) is 5.60 Å². The molecule has 0 aliphatic carbocycles. The van der Waals surface area contributed by atoms with Crippen molar-refractivity contribution in [3.05, 3.63) is 0 Å². The second-order valence-electron chi connectivity index (χ2n) is 5.37. The van der Waals surface area contributed by atoms with E-state index in [1.54, 1.807) is 20.8 Å². The normalized spacial score (nSPS) is 19.7. The summed E-state index contributed by atoms with van der Waals surface area (Å²) in [5, 5.41) is -0.846. The number of carbonyl (C=O) groups excluding carboxylic acids is 1. The van der Waals surface area contributed by atoms with E-state index >= 15 is 0 Å². The molecular formula is C10H19NO5S. The Bertz CT molecular complexity index is 391. The maximum absolute atomic E-state index is 11.6. The average Bonchev–Trinajstić information content (AvgIpc) is 1.94. The SMILES string of the molecule is CC(C1CN(C(=O)OC(C)(C)C)C1)S(=O)(=O)O. The first-order valence-corrected chi connectivity index (χ1v) is 6.95. The molecule has 1 unspecified atom stereocenters. The molecule has 0 aromatic carbocycles. The molecule has 0 aromatic rings. The molecule has 0 aromatic heterocycles. The van der Waals surface area contributed by atoms with Crippen molar-refractivity contribution in [1.29, 1.82) is 0 Å². The third kappa shape index (κ3) is 3.85. The highest BCUT2D eigenvalue weighted by atomic mass is 32.2. The van der Waals surface area contributed by atoms with Crippen LogP contribution in [0.2, 0.25) is 0 Å². The van der Waals surface area contributed by atoms with Gasteiger partial charge in [0.25, 0.3) is 10.1 Å². The molecule has 1 heterocycles. The van der Waals surface area contributed by atoms with Gasteiger partial charge in [-0.1, -0.05) is 0 Å². The van der Waals surface area contributed by atoms with Crippen LogP contribution in [0, 0.1) is 5.92 Å². The highest BCUT2D eigenvalue weighted by Crippen LogP contribution is 2.25. The zero-order valence-corrected chi connectivity index (χ0v) is 11.3. The molecule has 1 aliphatic rings. The molecule has 6 nitrogen and oxygen atoms in total. The van der Waals surface area contributed by atoms with Gasteiger partial charge in [-0.15, -0.1) is 0 Å². The summed E-state index contributed by atoms with van der Waals surface area (Å²) < 4.78 is 35.8. The van der Waals surface area contributed by atoms with Crippen molar-refractivity contribution in [3.8, 4) is 0 Å². The molecule has 1 amide bonds. The molecule has 0 saturated carbocycles. The summed E-state index contributed by atoms with van der Waals surface area (Å²) in [6, 6.07) is 0. The molecule has 1 N–H and O–H groups in total. The predicted octanol–water partition coefficient (Wildman–Crippen LogP) is 1.13. The van der Waals surface area contributed by atoms with Crippen molar-refractivity contribution in [2.45, 2.75) is 38.5 Å². The third-order valence-corrected chi connectivity index (χ3v) is 4.02. The first-order chi connectivity index (χ1) is 7.50. The summed E-state index contributed by atoms with van der Waals surface area (Å²) in [5.41, 5.74) is -0.559. The lowest BCUT2D eigenvalue weighted by molar-refractivity contribution is -0.00125. The number of hydrogen-bond acceptors (Lipinski definition) is 4. The highest BCUT2D eigenvalue weighted by molar-refractivity contribution is 7.86. The Balaban J connectivity index is 2.45. The fraction of sp³-hybridized carbons (Fsp3) is 0.900. The lowest BCUT2D eigenvalue weighted by atomic mass is 9.97. The van der Waals surface area contributed by atoms with Gasteiger partial charge < -0.3 is 9.64 Å². The van der Waals surface area contributed by atoms with Crippen LogP contribution in [0.25, 0.3) is 0 Å². The first-order valence-electron chi connectivity index (χ1n) is 5.45. The van der Waals surface area contributed by atoms with Gasteiger partial charge in [0.15, 0.2) is 0 Å². The van der Waals surface area contributed by atoms with E-state index < -0.39 is 27.1 Å². The molecular weight excluding hydrogens is 246 g/mol. The molecule has 0 spiro atoms. The molecule has 1 aliphatic heterocycles. The second kappa shape index (κ2) is 4.45. The van der Waals surface area contributed by atoms with Crippen molar-refractivity contribution in [2.24, 2.45) is 5.92 Å². The number of hydrogen-bond donors (Lipinski definition) is 1. The largest absolute Gasteiger partial charge is 0.444 e. The Kier molecular flexibility index (Phi) is 3.73. The standard InChI is InChI=1S/C10H19NO5S/c1-7(17(13,14)15)8-5-11(6-8)9(12)16-10(2,3)4/h7-8H,5-6H2,1-4H3,(H,13,14,15). The summed E-state index contributed by atoms with van der Waals surface area (Å²) in [6.07, 6.45) is -0.448. The number of likely N-dealkylation sites (tertiary alicyclic amines) is 1. The Labute approximate surface area is 102 Å². The lowest BCUT2D eigenvalue weighted by Crippen LogP contribution is -2.56. The van der Waals surface area contributed by atoms with Crippen LogP contribution in [0.15, 0.2) is 0 Å². The lowest BCUT2D eigenvalue weighted by Gasteiger charge is -2.41. The third-order valence-electron chi connectivity index (χ3n) is 2.70. The fourth-order valence-corrected chi connectivity index (χ4v) is 2.19. The van der Waals surface area contributed by atoms with Gasteiger partial charge >= 0.3 is 6.09 Å². The molecule has 0 bridgehead atoms. The molecule has 1 fully saturated rings. The van der Waals surface area contributed by atoms with E-state index in [1.165, 1.54) is 11.8 Å². The summed E-state index contributed by atoms with van der Waals surface area (Å²) in [6.45, 7) is 7.34. The first kappa shape index (κ1) is 14.2. The Morgan fingerprint density at radius 1 is 1.41 bits per heavy atom. The fourth-order valence-electron chi connectivity index (χ4n) is 1.53. The Morgan fingerprint density at radius 3 is 2.24 bits per heavy atom. The van der Waals surface area contributed by atoms with Crippen LogP contribution >= 0.6 is 0 Å². The van der Waals surface area contributed by atoms with Crippen molar-refractivity contribution in [2.75, 3.05) is 13.1 Å². The molecule has 17 heavy (non-hydrogen) atoms. The van der Waals surface area contributed by atoms with Crippen LogP contribution in [-0.2, 0) is 14.9 Å². The summed E-state index contributed by atoms with van der Waals surface area (Å²) in [5.74, 6) is -0.225. The predicted molar refractivity (Wildman–Crippen MR) is 62.3 cm³/mol. The summed E-state index contributed by atoms with van der Waals surface area (Å²) >= 11 is 0. The molecule has 7 heteroatoms. The van der Waals surface area contributed by atoms with Crippen molar-refractivity contribution < 1.29 is 22.5 Å². The number of nitrogens with zero attached hydrogens (tertiary/aromatic N) is 1. The van der Waals surface area contributed by atoms with Gasteiger partial charge in [-0.05, 0) is 27.7 Å². The Hall–Kier alpha value is -0.820. The molecule has 100 valence electrons. The maximum Gasteiger partial charge on any atom is 0.410 e. The number of amides is 1. The van der Waals surface area contributed by atoms with E-state index in [4.69, 9.17) is 9.29 Å². The van der Waals surface area contributed by atoms with Crippen LogP contribution in [0.3, 0.4) is 0 Å². The molecule has 1 saturated heterocycles. The van der Waals surface area contributed by atoms with Crippen LogP contribution < -0.4 is 0 Å². The van der Waals surface area contributed by atoms with E-state index in [0.29, 0.717) is 13.1 Å². The number of ether oxygens (including phenoxy) is 1. The van der Waals surface area contributed by atoms with Gasteiger partial charge in [0.2, 0.25) is 0 Å². The smallest absolute Gasteiger partial charge is 0.410 e. The minimum atomic E-state index is -4.03. The minimum Gasteiger partial charge on any atom is -0.444 e. The van der Waals surface area contributed by atoms with Crippen LogP contribution in [-0.4, -0.2) is 47.9 Å². The number of carbonyl (C=O) groups is 1. The van der Waals surface area contributed by atoms with E-state index in [1.807, 2.05) is 0 Å². The van der Waals surface area contributed by atoms with Crippen molar-refractivity contribution >= 4 is 16.2 Å². The summed E-state index contributed by atoms with van der Waals surface area (Å²) in [7, 11) is -4.03. The van der Waals surface area contributed by atoms with Gasteiger partial charge in [-0.25, -0.2) is 4.79 Å². The highest BCUT2D eigenvalue weighted by Gasteiger charge is 2.40. The summed E-state index contributed by atoms with van der Waals surface area (Å²) in [4.78, 5) is 13.0. The molecule has 0 radical (unpaired) electrons. The van der Waals surface area contributed by atoms with E-state index in [0.717, 1.165) is 0 Å². The topological polar surface area (TPSA) is 83.9 Å². The quantitative estimate of drug-likeness (QED) is 0.757. The van der Waals surface area contributed by atoms with Crippen LogP contribution in [0.1, 0.15) is 27.7 Å². The van der Waals surface area contributed by atoms with Gasteiger partial charge in [-0.3, -0.25) is 4.55 Å². The van der Waals surface area contributed by atoms with Crippen LogP contribution in [0.4, 0.5) is 4.79 Å². The molecule has 1 rings (SSSR count). The van der Waals surface area contributed by atoms with E-state index in [-0.39, 0.29) is 5.92 Å². The zero-order valence-electron chi connectivity index (χ0n) is 10.5. The van der Waals surface area contributed by atoms with Gasteiger partial charge in [0.05, 0.1) is 5.25 Å². The van der Waals surface area contributed by atoms with Crippen LogP contribution in [0.5, 0.6) is 0 Å². The number of rotatable bonds is 2. The average molecular weight is 265 g/mol. The van der Waals surface area contributed by atoms with Crippen molar-refractivity contribution in [1.82, 2.24) is 4.90 Å². The Morgan fingerprint density at radius 2 is 1.88 bits per heavy atom. The van der Waals surface area contributed by atoms with E-state index in [9.17, 15) is 13.2 Å². The monoisotopic (exact) mass is 265 g/mol. The van der Waals surface area contributed by atoms with Crippen molar-refractivity contribution in [3.63, 3.8) is 0 Å². The van der Waals surface area contributed by atoms with Gasteiger partial charge in [-0.2, -0.15) is 8.42 Å². The minimum absolute atomic E-state index is 0.225. The molecule has 1 atom stereocenters. The van der Waals surface area contributed by atoms with Gasteiger partial charge in [0, 0.05) is 19.0 Å². The van der Waals surface area contributed by atoms with E-state index in [2.05, 4.69) is 0 Å².